The fourth-order valence-electron chi connectivity index (χ4n) is 4.18. The molecule has 2 aromatic rings. The van der Waals surface area contributed by atoms with Crippen LogP contribution < -0.4 is 10.2 Å². The smallest absolute Gasteiger partial charge is 0.227 e. The largest absolute Gasteiger partial charge is 0.354 e. The molecule has 154 valence electrons. The van der Waals surface area contributed by atoms with Gasteiger partial charge >= 0.3 is 0 Å². The van der Waals surface area contributed by atoms with Gasteiger partial charge in [-0.3, -0.25) is 14.5 Å². The van der Waals surface area contributed by atoms with Crippen molar-refractivity contribution in [2.45, 2.75) is 30.2 Å². The second-order valence-corrected chi connectivity index (χ2v) is 9.48. The average Bonchev–Trinajstić information content (AvgIpc) is 3.51. The number of carbonyl (C=O) groups excluding carboxylic acids is 2. The summed E-state index contributed by atoms with van der Waals surface area (Å²) < 4.78 is 0. The molecular weight excluding hydrogens is 402 g/mol. The van der Waals surface area contributed by atoms with Crippen LogP contribution in [0.4, 0.5) is 5.69 Å². The molecule has 0 saturated carbocycles. The van der Waals surface area contributed by atoms with E-state index in [1.54, 1.807) is 28.0 Å². The van der Waals surface area contributed by atoms with Crippen molar-refractivity contribution < 1.29 is 9.59 Å². The van der Waals surface area contributed by atoms with E-state index in [1.165, 1.54) is 17.7 Å². The van der Waals surface area contributed by atoms with Crippen LogP contribution >= 0.6 is 23.1 Å². The van der Waals surface area contributed by atoms with Crippen molar-refractivity contribution in [2.24, 2.45) is 5.92 Å². The lowest BCUT2D eigenvalue weighted by Crippen LogP contribution is -2.39. The molecule has 2 aliphatic heterocycles. The van der Waals surface area contributed by atoms with Gasteiger partial charge in [-0.15, -0.1) is 23.1 Å². The first-order valence-corrected chi connectivity index (χ1v) is 12.3. The predicted molar refractivity (Wildman–Crippen MR) is 120 cm³/mol. The first-order valence-electron chi connectivity index (χ1n) is 10.2. The standard InChI is InChI=1S/C22H27N3O2S2/c1-28-18-8-6-17(7-9-18)25-15-16(13-21(25)26)22(27)23-14-19(20-5-4-12-29-20)24-10-2-3-11-24/h4-9,12,16,19H,2-3,10-11,13-15H2,1H3,(H,23,27). The summed E-state index contributed by atoms with van der Waals surface area (Å²) in [4.78, 5) is 32.0. The third-order valence-electron chi connectivity index (χ3n) is 5.80. The van der Waals surface area contributed by atoms with Gasteiger partial charge in [0.2, 0.25) is 11.8 Å². The molecule has 2 unspecified atom stereocenters. The molecule has 0 radical (unpaired) electrons. The maximum atomic E-state index is 12.8. The molecule has 2 amide bonds. The van der Waals surface area contributed by atoms with Gasteiger partial charge in [0.15, 0.2) is 0 Å². The van der Waals surface area contributed by atoms with Crippen LogP contribution in [-0.4, -0.2) is 49.1 Å². The third kappa shape index (κ3) is 4.68. The normalized spacial score (nSPS) is 20.9. The van der Waals surface area contributed by atoms with Crippen molar-refractivity contribution in [3.63, 3.8) is 0 Å². The van der Waals surface area contributed by atoms with Crippen LogP contribution in [0.1, 0.15) is 30.2 Å². The van der Waals surface area contributed by atoms with Gasteiger partial charge in [0, 0.05) is 35.0 Å². The van der Waals surface area contributed by atoms with E-state index in [9.17, 15) is 9.59 Å². The fraction of sp³-hybridized carbons (Fsp3) is 0.455. The predicted octanol–water partition coefficient (Wildman–Crippen LogP) is 3.78. The molecule has 3 heterocycles. The number of likely N-dealkylation sites (tertiary alicyclic amines) is 1. The Kier molecular flexibility index (Phi) is 6.57. The molecule has 4 rings (SSSR count). The van der Waals surface area contributed by atoms with Gasteiger partial charge in [0.1, 0.15) is 0 Å². The monoisotopic (exact) mass is 429 g/mol. The summed E-state index contributed by atoms with van der Waals surface area (Å²) in [5.74, 6) is -0.274. The van der Waals surface area contributed by atoms with Gasteiger partial charge < -0.3 is 10.2 Å². The van der Waals surface area contributed by atoms with E-state index in [2.05, 4.69) is 27.7 Å². The summed E-state index contributed by atoms with van der Waals surface area (Å²) in [6, 6.07) is 12.4. The number of rotatable bonds is 7. The summed E-state index contributed by atoms with van der Waals surface area (Å²) in [7, 11) is 0. The van der Waals surface area contributed by atoms with E-state index in [0.717, 1.165) is 23.7 Å². The summed E-state index contributed by atoms with van der Waals surface area (Å²) in [6.45, 7) is 3.23. The van der Waals surface area contributed by atoms with Gasteiger partial charge in [0.25, 0.3) is 0 Å². The Bertz CT molecular complexity index is 832. The maximum absolute atomic E-state index is 12.8. The Balaban J connectivity index is 1.37. The van der Waals surface area contributed by atoms with Gasteiger partial charge in [-0.05, 0) is 67.9 Å². The van der Waals surface area contributed by atoms with Crippen molar-refractivity contribution in [1.82, 2.24) is 10.2 Å². The first kappa shape index (κ1) is 20.4. The molecule has 0 bridgehead atoms. The minimum atomic E-state index is -0.287. The highest BCUT2D eigenvalue weighted by molar-refractivity contribution is 7.98. The van der Waals surface area contributed by atoms with Crippen LogP contribution in [0.5, 0.6) is 0 Å². The number of anilines is 1. The molecule has 1 aromatic heterocycles. The van der Waals surface area contributed by atoms with E-state index >= 15 is 0 Å². The lowest BCUT2D eigenvalue weighted by atomic mass is 10.1. The number of carbonyl (C=O) groups is 2. The zero-order chi connectivity index (χ0) is 20.2. The zero-order valence-corrected chi connectivity index (χ0v) is 18.3. The highest BCUT2D eigenvalue weighted by atomic mass is 32.2. The number of hydrogen-bond donors (Lipinski definition) is 1. The molecular formula is C22H27N3O2S2. The van der Waals surface area contributed by atoms with Gasteiger partial charge in [0.05, 0.1) is 12.0 Å². The van der Waals surface area contributed by atoms with Crippen LogP contribution in [-0.2, 0) is 9.59 Å². The molecule has 2 fully saturated rings. The van der Waals surface area contributed by atoms with E-state index in [-0.39, 0.29) is 30.2 Å². The van der Waals surface area contributed by atoms with Crippen LogP contribution in [0.3, 0.4) is 0 Å². The molecule has 0 spiro atoms. The van der Waals surface area contributed by atoms with Gasteiger partial charge in [-0.25, -0.2) is 0 Å². The highest BCUT2D eigenvalue weighted by Gasteiger charge is 2.35. The summed E-state index contributed by atoms with van der Waals surface area (Å²) in [6.07, 6.45) is 4.75. The molecule has 1 N–H and O–H groups in total. The van der Waals surface area contributed by atoms with Crippen LogP contribution in [0, 0.1) is 5.92 Å². The van der Waals surface area contributed by atoms with E-state index in [0.29, 0.717) is 13.1 Å². The first-order chi connectivity index (χ1) is 14.2. The topological polar surface area (TPSA) is 52.7 Å². The Morgan fingerprint density at radius 2 is 2.00 bits per heavy atom. The quantitative estimate of drug-likeness (QED) is 0.681. The van der Waals surface area contributed by atoms with Crippen molar-refractivity contribution in [1.29, 1.82) is 0 Å². The number of nitrogens with one attached hydrogen (secondary N) is 1. The molecule has 2 saturated heterocycles. The number of thioether (sulfide) groups is 1. The fourth-order valence-corrected chi connectivity index (χ4v) is 5.45. The number of hydrogen-bond acceptors (Lipinski definition) is 5. The number of benzene rings is 1. The van der Waals surface area contributed by atoms with E-state index in [4.69, 9.17) is 0 Å². The Labute approximate surface area is 180 Å². The maximum Gasteiger partial charge on any atom is 0.227 e. The van der Waals surface area contributed by atoms with Crippen LogP contribution in [0.2, 0.25) is 0 Å². The molecule has 0 aliphatic carbocycles. The Hall–Kier alpha value is -1.83. The second-order valence-electron chi connectivity index (χ2n) is 7.62. The number of nitrogens with zero attached hydrogens (tertiary/aromatic N) is 2. The minimum Gasteiger partial charge on any atom is -0.354 e. The molecule has 2 aliphatic rings. The van der Waals surface area contributed by atoms with E-state index < -0.39 is 0 Å². The van der Waals surface area contributed by atoms with Gasteiger partial charge in [-0.1, -0.05) is 6.07 Å². The Morgan fingerprint density at radius 1 is 1.24 bits per heavy atom. The minimum absolute atomic E-state index is 0.0117. The Morgan fingerprint density at radius 3 is 2.66 bits per heavy atom. The van der Waals surface area contributed by atoms with Crippen molar-refractivity contribution in [2.75, 3.05) is 37.3 Å². The average molecular weight is 430 g/mol. The van der Waals surface area contributed by atoms with Crippen molar-refractivity contribution in [3.05, 3.63) is 46.7 Å². The molecule has 7 heteroatoms. The van der Waals surface area contributed by atoms with Crippen LogP contribution in [0.25, 0.3) is 0 Å². The van der Waals surface area contributed by atoms with Crippen LogP contribution in [0.15, 0.2) is 46.7 Å². The summed E-state index contributed by atoms with van der Waals surface area (Å²) in [5, 5.41) is 5.24. The number of amides is 2. The highest BCUT2D eigenvalue weighted by Crippen LogP contribution is 2.29. The lowest BCUT2D eigenvalue weighted by Gasteiger charge is -2.27. The summed E-state index contributed by atoms with van der Waals surface area (Å²) >= 11 is 3.42. The van der Waals surface area contributed by atoms with Gasteiger partial charge in [-0.2, -0.15) is 0 Å². The van der Waals surface area contributed by atoms with Crippen molar-refractivity contribution in [3.8, 4) is 0 Å². The molecule has 5 nitrogen and oxygen atoms in total. The molecule has 1 aromatic carbocycles. The zero-order valence-electron chi connectivity index (χ0n) is 16.7. The lowest BCUT2D eigenvalue weighted by molar-refractivity contribution is -0.126. The SMILES string of the molecule is CSc1ccc(N2CC(C(=O)NCC(c3cccs3)N3CCCC3)CC2=O)cc1. The van der Waals surface area contributed by atoms with E-state index in [1.807, 2.05) is 30.5 Å². The molecule has 29 heavy (non-hydrogen) atoms. The third-order valence-corrected chi connectivity index (χ3v) is 7.52. The molecule has 2 atom stereocenters. The summed E-state index contributed by atoms with van der Waals surface area (Å²) in [5.41, 5.74) is 0.872. The number of thiophene rings is 1. The van der Waals surface area contributed by atoms with Crippen molar-refractivity contribution >= 4 is 40.6 Å². The second kappa shape index (κ2) is 9.32.